The number of rotatable bonds is 3. The van der Waals surface area contributed by atoms with Crippen LogP contribution in [0, 0.1) is 0 Å². The van der Waals surface area contributed by atoms with Gasteiger partial charge in [0.2, 0.25) is 0 Å². The van der Waals surface area contributed by atoms with Gasteiger partial charge in [0.1, 0.15) is 5.75 Å². The van der Waals surface area contributed by atoms with E-state index in [9.17, 15) is 0 Å². The molecule has 0 saturated carbocycles. The third-order valence-corrected chi connectivity index (χ3v) is 3.65. The number of benzene rings is 2. The number of hydrogen-bond acceptors (Lipinski definition) is 2. The van der Waals surface area contributed by atoms with Crippen LogP contribution in [0.4, 0.5) is 5.69 Å². The Labute approximate surface area is 122 Å². The Bertz CT molecular complexity index is 580. The lowest BCUT2D eigenvalue weighted by Crippen LogP contribution is -2.13. The number of para-hydroxylation sites is 1. The fraction of sp³-hybridized carbons (Fsp3) is 0.200. The predicted octanol–water partition coefficient (Wildman–Crippen LogP) is 4.58. The Morgan fingerprint density at radius 2 is 1.84 bits per heavy atom. The zero-order valence-electron chi connectivity index (χ0n) is 10.2. The van der Waals surface area contributed by atoms with Crippen LogP contribution in [-0.4, -0.2) is 13.2 Å². The summed E-state index contributed by atoms with van der Waals surface area (Å²) in [5.74, 6) is 1.34. The van der Waals surface area contributed by atoms with Gasteiger partial charge in [-0.05, 0) is 24.3 Å². The lowest BCUT2D eigenvalue weighted by atomic mass is 10.0. The molecule has 0 saturated heterocycles. The van der Waals surface area contributed by atoms with E-state index in [-0.39, 0.29) is 0 Å². The van der Waals surface area contributed by atoms with Gasteiger partial charge >= 0.3 is 0 Å². The van der Waals surface area contributed by atoms with Crippen molar-refractivity contribution in [2.24, 2.45) is 0 Å². The summed E-state index contributed by atoms with van der Waals surface area (Å²) in [6, 6.07) is 13.6. The predicted molar refractivity (Wildman–Crippen MR) is 79.6 cm³/mol. The lowest BCUT2D eigenvalue weighted by molar-refractivity contribution is 0.334. The van der Waals surface area contributed by atoms with Gasteiger partial charge in [-0.25, -0.2) is 0 Å². The molecule has 4 heteroatoms. The SMILES string of the molecule is Clc1cc(Cl)cc(NCC2COc3ccccc32)c1. The second-order valence-corrected chi connectivity index (χ2v) is 5.46. The standard InChI is InChI=1S/C15H13Cl2NO/c16-11-5-12(17)7-13(6-11)18-8-10-9-19-15-4-2-1-3-14(10)15/h1-7,10,18H,8-9H2. The lowest BCUT2D eigenvalue weighted by Gasteiger charge is -2.12. The molecule has 0 fully saturated rings. The van der Waals surface area contributed by atoms with E-state index in [2.05, 4.69) is 11.4 Å². The van der Waals surface area contributed by atoms with Crippen molar-refractivity contribution < 1.29 is 4.74 Å². The monoisotopic (exact) mass is 293 g/mol. The molecule has 0 bridgehead atoms. The van der Waals surface area contributed by atoms with Crippen molar-refractivity contribution in [2.45, 2.75) is 5.92 Å². The average molecular weight is 294 g/mol. The van der Waals surface area contributed by atoms with Crippen LogP contribution in [0.5, 0.6) is 5.75 Å². The van der Waals surface area contributed by atoms with Crippen LogP contribution in [0.25, 0.3) is 0 Å². The molecule has 0 aromatic heterocycles. The van der Waals surface area contributed by atoms with E-state index in [1.54, 1.807) is 6.07 Å². The van der Waals surface area contributed by atoms with Crippen LogP contribution in [0.3, 0.4) is 0 Å². The number of ether oxygens (including phenoxy) is 1. The fourth-order valence-corrected chi connectivity index (χ4v) is 2.82. The Kier molecular flexibility index (Phi) is 3.54. The molecule has 1 unspecified atom stereocenters. The number of anilines is 1. The molecule has 2 nitrogen and oxygen atoms in total. The zero-order valence-corrected chi connectivity index (χ0v) is 11.7. The smallest absolute Gasteiger partial charge is 0.122 e. The molecule has 0 amide bonds. The molecular weight excluding hydrogens is 281 g/mol. The number of nitrogens with one attached hydrogen (secondary N) is 1. The van der Waals surface area contributed by atoms with E-state index < -0.39 is 0 Å². The Morgan fingerprint density at radius 3 is 2.63 bits per heavy atom. The molecule has 0 aliphatic carbocycles. The van der Waals surface area contributed by atoms with Crippen molar-refractivity contribution in [1.29, 1.82) is 0 Å². The van der Waals surface area contributed by atoms with E-state index in [0.29, 0.717) is 22.6 Å². The summed E-state index contributed by atoms with van der Waals surface area (Å²) in [6.45, 7) is 1.51. The third-order valence-electron chi connectivity index (χ3n) is 3.21. The molecule has 0 radical (unpaired) electrons. The van der Waals surface area contributed by atoms with E-state index in [1.165, 1.54) is 5.56 Å². The first-order valence-electron chi connectivity index (χ1n) is 6.14. The first kappa shape index (κ1) is 12.6. The summed E-state index contributed by atoms with van der Waals surface area (Å²) in [6.07, 6.45) is 0. The van der Waals surface area contributed by atoms with Crippen LogP contribution < -0.4 is 10.1 Å². The van der Waals surface area contributed by atoms with Gasteiger partial charge in [-0.2, -0.15) is 0 Å². The molecule has 1 aliphatic heterocycles. The summed E-state index contributed by atoms with van der Waals surface area (Å²) in [5.41, 5.74) is 2.19. The van der Waals surface area contributed by atoms with E-state index in [0.717, 1.165) is 18.0 Å². The molecule has 0 spiro atoms. The largest absolute Gasteiger partial charge is 0.493 e. The zero-order chi connectivity index (χ0) is 13.2. The Morgan fingerprint density at radius 1 is 1.11 bits per heavy atom. The second kappa shape index (κ2) is 5.32. The molecular formula is C15H13Cl2NO. The normalized spacial score (nSPS) is 16.8. The molecule has 3 rings (SSSR count). The van der Waals surface area contributed by atoms with Gasteiger partial charge in [0.25, 0.3) is 0 Å². The fourth-order valence-electron chi connectivity index (χ4n) is 2.30. The van der Waals surface area contributed by atoms with Gasteiger partial charge in [0, 0.05) is 33.8 Å². The minimum atomic E-state index is 0.356. The summed E-state index contributed by atoms with van der Waals surface area (Å²) >= 11 is 12.0. The summed E-state index contributed by atoms with van der Waals surface area (Å²) < 4.78 is 5.65. The van der Waals surface area contributed by atoms with Crippen molar-refractivity contribution in [1.82, 2.24) is 0 Å². The molecule has 2 aromatic carbocycles. The highest BCUT2D eigenvalue weighted by Gasteiger charge is 2.23. The third kappa shape index (κ3) is 2.80. The summed E-state index contributed by atoms with van der Waals surface area (Å²) in [4.78, 5) is 0. The van der Waals surface area contributed by atoms with Crippen molar-refractivity contribution in [3.63, 3.8) is 0 Å². The Hall–Kier alpha value is -1.38. The average Bonchev–Trinajstić information content (AvgIpc) is 2.78. The van der Waals surface area contributed by atoms with E-state index in [4.69, 9.17) is 27.9 Å². The van der Waals surface area contributed by atoms with E-state index >= 15 is 0 Å². The highest BCUT2D eigenvalue weighted by atomic mass is 35.5. The van der Waals surface area contributed by atoms with Gasteiger partial charge in [-0.15, -0.1) is 0 Å². The highest BCUT2D eigenvalue weighted by molar-refractivity contribution is 6.35. The van der Waals surface area contributed by atoms with Gasteiger partial charge in [-0.3, -0.25) is 0 Å². The summed E-state index contributed by atoms with van der Waals surface area (Å²) in [7, 11) is 0. The van der Waals surface area contributed by atoms with Gasteiger partial charge in [-0.1, -0.05) is 41.4 Å². The van der Waals surface area contributed by atoms with Crippen molar-refractivity contribution >= 4 is 28.9 Å². The number of halogens is 2. The quantitative estimate of drug-likeness (QED) is 0.894. The van der Waals surface area contributed by atoms with Crippen LogP contribution in [-0.2, 0) is 0 Å². The highest BCUT2D eigenvalue weighted by Crippen LogP contribution is 2.33. The number of hydrogen-bond donors (Lipinski definition) is 1. The maximum Gasteiger partial charge on any atom is 0.122 e. The second-order valence-electron chi connectivity index (χ2n) is 4.58. The molecule has 1 aliphatic rings. The van der Waals surface area contributed by atoms with Crippen LogP contribution in [0.2, 0.25) is 10.0 Å². The molecule has 1 heterocycles. The topological polar surface area (TPSA) is 21.3 Å². The van der Waals surface area contributed by atoms with Crippen LogP contribution in [0.1, 0.15) is 11.5 Å². The maximum atomic E-state index is 5.98. The minimum Gasteiger partial charge on any atom is -0.493 e. The van der Waals surface area contributed by atoms with Crippen molar-refractivity contribution in [2.75, 3.05) is 18.5 Å². The molecule has 2 aromatic rings. The van der Waals surface area contributed by atoms with E-state index in [1.807, 2.05) is 30.3 Å². The first-order valence-corrected chi connectivity index (χ1v) is 6.89. The van der Waals surface area contributed by atoms with Crippen molar-refractivity contribution in [3.05, 3.63) is 58.1 Å². The van der Waals surface area contributed by atoms with Crippen LogP contribution >= 0.6 is 23.2 Å². The maximum absolute atomic E-state index is 5.98. The van der Waals surface area contributed by atoms with Crippen LogP contribution in [0.15, 0.2) is 42.5 Å². The molecule has 19 heavy (non-hydrogen) atoms. The first-order chi connectivity index (χ1) is 9.22. The molecule has 1 N–H and O–H groups in total. The minimum absolute atomic E-state index is 0.356. The van der Waals surface area contributed by atoms with Crippen molar-refractivity contribution in [3.8, 4) is 5.75 Å². The molecule has 98 valence electrons. The van der Waals surface area contributed by atoms with Gasteiger partial charge in [0.15, 0.2) is 0 Å². The van der Waals surface area contributed by atoms with Gasteiger partial charge < -0.3 is 10.1 Å². The van der Waals surface area contributed by atoms with Gasteiger partial charge in [0.05, 0.1) is 6.61 Å². The number of fused-ring (bicyclic) bond motifs is 1. The summed E-state index contributed by atoms with van der Waals surface area (Å²) in [5, 5.41) is 4.63. The Balaban J connectivity index is 1.70. The molecule has 1 atom stereocenters.